The zero-order valence-corrected chi connectivity index (χ0v) is 12.2. The molecular formula is C13H18N4OS. The van der Waals surface area contributed by atoms with Gasteiger partial charge in [-0.3, -0.25) is 4.79 Å². The summed E-state index contributed by atoms with van der Waals surface area (Å²) in [7, 11) is 0. The van der Waals surface area contributed by atoms with Crippen LogP contribution in [0.3, 0.4) is 0 Å². The second-order valence-electron chi connectivity index (χ2n) is 4.67. The first-order valence-electron chi connectivity index (χ1n) is 6.30. The molecule has 102 valence electrons. The van der Waals surface area contributed by atoms with Crippen LogP contribution < -0.4 is 10.6 Å². The number of hydrogen-bond acceptors (Lipinski definition) is 5. The van der Waals surface area contributed by atoms with E-state index in [0.717, 1.165) is 16.0 Å². The molecule has 0 aliphatic rings. The Morgan fingerprint density at radius 2 is 2.16 bits per heavy atom. The van der Waals surface area contributed by atoms with Crippen molar-refractivity contribution in [1.82, 2.24) is 15.3 Å². The maximum Gasteiger partial charge on any atom is 0.222 e. The van der Waals surface area contributed by atoms with Gasteiger partial charge in [-0.2, -0.15) is 0 Å². The summed E-state index contributed by atoms with van der Waals surface area (Å²) in [5.41, 5.74) is 0. The fraction of sp³-hybridized carbons (Fsp3) is 0.462. The number of anilines is 1. The summed E-state index contributed by atoms with van der Waals surface area (Å²) in [6.07, 6.45) is 1.56. The van der Waals surface area contributed by atoms with Crippen molar-refractivity contribution < 1.29 is 4.79 Å². The monoisotopic (exact) mass is 278 g/mol. The largest absolute Gasteiger partial charge is 0.368 e. The molecule has 1 amide bonds. The van der Waals surface area contributed by atoms with E-state index in [-0.39, 0.29) is 11.8 Å². The Bertz CT molecular complexity index is 579. The molecule has 0 bridgehead atoms. The van der Waals surface area contributed by atoms with E-state index < -0.39 is 0 Å². The van der Waals surface area contributed by atoms with Gasteiger partial charge in [0.1, 0.15) is 17.0 Å². The SMILES string of the molecule is Cc1cc2c(NCCNC(=O)C(C)C)ncnc2s1. The number of aryl methyl sites for hydroxylation is 1. The van der Waals surface area contributed by atoms with Crippen molar-refractivity contribution in [3.05, 3.63) is 17.3 Å². The predicted octanol–water partition coefficient (Wildman–Crippen LogP) is 2.18. The van der Waals surface area contributed by atoms with E-state index in [9.17, 15) is 4.79 Å². The van der Waals surface area contributed by atoms with Crippen molar-refractivity contribution >= 4 is 33.3 Å². The highest BCUT2D eigenvalue weighted by atomic mass is 32.1. The molecular weight excluding hydrogens is 260 g/mol. The third-order valence-electron chi connectivity index (χ3n) is 2.69. The first-order valence-corrected chi connectivity index (χ1v) is 7.12. The molecule has 2 aromatic rings. The minimum absolute atomic E-state index is 0.0188. The maximum atomic E-state index is 11.4. The van der Waals surface area contributed by atoms with Crippen LogP contribution in [0.1, 0.15) is 18.7 Å². The van der Waals surface area contributed by atoms with Crippen molar-refractivity contribution in [1.29, 1.82) is 0 Å². The summed E-state index contributed by atoms with van der Waals surface area (Å²) < 4.78 is 0. The molecule has 0 unspecified atom stereocenters. The third kappa shape index (κ3) is 3.41. The Hall–Kier alpha value is -1.69. The summed E-state index contributed by atoms with van der Waals surface area (Å²) in [6, 6.07) is 2.08. The Labute approximate surface area is 116 Å². The third-order valence-corrected chi connectivity index (χ3v) is 3.65. The van der Waals surface area contributed by atoms with Crippen molar-refractivity contribution in [2.24, 2.45) is 5.92 Å². The molecule has 0 atom stereocenters. The highest BCUT2D eigenvalue weighted by Crippen LogP contribution is 2.27. The van der Waals surface area contributed by atoms with E-state index in [1.165, 1.54) is 4.88 Å². The Kier molecular flexibility index (Phi) is 4.31. The smallest absolute Gasteiger partial charge is 0.222 e. The number of rotatable bonds is 5. The minimum Gasteiger partial charge on any atom is -0.368 e. The average molecular weight is 278 g/mol. The number of nitrogens with zero attached hydrogens (tertiary/aromatic N) is 2. The summed E-state index contributed by atoms with van der Waals surface area (Å²) in [6.45, 7) is 7.06. The van der Waals surface area contributed by atoms with Crippen LogP contribution >= 0.6 is 11.3 Å². The van der Waals surface area contributed by atoms with Gasteiger partial charge in [-0.05, 0) is 13.0 Å². The molecule has 0 fully saturated rings. The van der Waals surface area contributed by atoms with Gasteiger partial charge in [-0.25, -0.2) is 9.97 Å². The fourth-order valence-corrected chi connectivity index (χ4v) is 2.53. The molecule has 0 spiro atoms. The Morgan fingerprint density at radius 1 is 1.37 bits per heavy atom. The molecule has 5 nitrogen and oxygen atoms in total. The molecule has 2 heterocycles. The number of carbonyl (C=O) groups is 1. The van der Waals surface area contributed by atoms with E-state index in [2.05, 4.69) is 33.6 Å². The normalized spacial score (nSPS) is 10.9. The molecule has 2 N–H and O–H groups in total. The van der Waals surface area contributed by atoms with Crippen LogP contribution in [0.4, 0.5) is 5.82 Å². The van der Waals surface area contributed by atoms with Gasteiger partial charge in [0.25, 0.3) is 0 Å². The van der Waals surface area contributed by atoms with Crippen LogP contribution in [-0.4, -0.2) is 29.0 Å². The van der Waals surface area contributed by atoms with Crippen molar-refractivity contribution in [2.45, 2.75) is 20.8 Å². The van der Waals surface area contributed by atoms with Gasteiger partial charge >= 0.3 is 0 Å². The highest BCUT2D eigenvalue weighted by Gasteiger charge is 2.07. The Morgan fingerprint density at radius 3 is 2.89 bits per heavy atom. The predicted molar refractivity (Wildman–Crippen MR) is 78.5 cm³/mol. The summed E-state index contributed by atoms with van der Waals surface area (Å²) in [5, 5.41) is 7.14. The summed E-state index contributed by atoms with van der Waals surface area (Å²) in [5.74, 6) is 0.916. The molecule has 19 heavy (non-hydrogen) atoms. The molecule has 0 radical (unpaired) electrons. The van der Waals surface area contributed by atoms with E-state index in [4.69, 9.17) is 0 Å². The lowest BCUT2D eigenvalue weighted by molar-refractivity contribution is -0.123. The van der Waals surface area contributed by atoms with Gasteiger partial charge in [-0.1, -0.05) is 13.8 Å². The van der Waals surface area contributed by atoms with Crippen molar-refractivity contribution in [2.75, 3.05) is 18.4 Å². The number of carbonyl (C=O) groups excluding carboxylic acids is 1. The lowest BCUT2D eigenvalue weighted by Crippen LogP contribution is -2.32. The minimum atomic E-state index is 0.0188. The lowest BCUT2D eigenvalue weighted by Gasteiger charge is -2.09. The molecule has 0 aliphatic carbocycles. The van der Waals surface area contributed by atoms with Crippen LogP contribution in [0.25, 0.3) is 10.2 Å². The van der Waals surface area contributed by atoms with Crippen molar-refractivity contribution in [3.8, 4) is 0 Å². The van der Waals surface area contributed by atoms with E-state index in [0.29, 0.717) is 13.1 Å². The van der Waals surface area contributed by atoms with Gasteiger partial charge in [-0.15, -0.1) is 11.3 Å². The van der Waals surface area contributed by atoms with E-state index >= 15 is 0 Å². The number of hydrogen-bond donors (Lipinski definition) is 2. The maximum absolute atomic E-state index is 11.4. The number of fused-ring (bicyclic) bond motifs is 1. The van der Waals surface area contributed by atoms with E-state index in [1.807, 2.05) is 13.8 Å². The summed E-state index contributed by atoms with van der Waals surface area (Å²) in [4.78, 5) is 22.1. The first kappa shape index (κ1) is 13.7. The van der Waals surface area contributed by atoms with Crippen molar-refractivity contribution in [3.63, 3.8) is 0 Å². The lowest BCUT2D eigenvalue weighted by atomic mass is 10.2. The van der Waals surface area contributed by atoms with Gasteiger partial charge in [0.05, 0.1) is 5.39 Å². The Balaban J connectivity index is 1.93. The van der Waals surface area contributed by atoms with Crippen LogP contribution in [0.15, 0.2) is 12.4 Å². The highest BCUT2D eigenvalue weighted by molar-refractivity contribution is 7.18. The zero-order valence-electron chi connectivity index (χ0n) is 11.4. The number of amides is 1. The molecule has 0 saturated carbocycles. The molecule has 2 aromatic heterocycles. The van der Waals surface area contributed by atoms with Gasteiger partial charge in [0.15, 0.2) is 0 Å². The van der Waals surface area contributed by atoms with Crippen LogP contribution in [0, 0.1) is 12.8 Å². The zero-order chi connectivity index (χ0) is 13.8. The quantitative estimate of drug-likeness (QED) is 0.823. The van der Waals surface area contributed by atoms with Gasteiger partial charge in [0, 0.05) is 23.9 Å². The molecule has 0 aromatic carbocycles. The number of aromatic nitrogens is 2. The second-order valence-corrected chi connectivity index (χ2v) is 5.91. The topological polar surface area (TPSA) is 66.9 Å². The molecule has 6 heteroatoms. The molecule has 2 rings (SSSR count). The number of nitrogens with one attached hydrogen (secondary N) is 2. The average Bonchev–Trinajstić information content (AvgIpc) is 2.75. The first-order chi connectivity index (χ1) is 9.08. The van der Waals surface area contributed by atoms with Crippen LogP contribution in [0.5, 0.6) is 0 Å². The van der Waals surface area contributed by atoms with Crippen LogP contribution in [0.2, 0.25) is 0 Å². The molecule has 0 aliphatic heterocycles. The fourth-order valence-electron chi connectivity index (χ4n) is 1.69. The number of thiophene rings is 1. The van der Waals surface area contributed by atoms with Crippen LogP contribution in [-0.2, 0) is 4.79 Å². The summed E-state index contributed by atoms with van der Waals surface area (Å²) >= 11 is 1.65. The second kappa shape index (κ2) is 5.97. The van der Waals surface area contributed by atoms with E-state index in [1.54, 1.807) is 17.7 Å². The van der Waals surface area contributed by atoms with Gasteiger partial charge in [0.2, 0.25) is 5.91 Å². The standard InChI is InChI=1S/C13H18N4OS/c1-8(2)12(18)15-5-4-14-11-10-6-9(3)19-13(10)17-7-16-11/h6-8H,4-5H2,1-3H3,(H,15,18)(H,14,16,17). The molecule has 0 saturated heterocycles. The van der Waals surface area contributed by atoms with Gasteiger partial charge < -0.3 is 10.6 Å².